The fourth-order valence-corrected chi connectivity index (χ4v) is 3.31. The van der Waals surface area contributed by atoms with Crippen LogP contribution in [0.15, 0.2) is 23.1 Å². The SMILES string of the molecule is CCCNC(C)CCCS(=O)(=O)c1ccc(F)cc1F. The number of rotatable bonds is 8. The van der Waals surface area contributed by atoms with Crippen LogP contribution in [0.2, 0.25) is 0 Å². The van der Waals surface area contributed by atoms with E-state index in [0.29, 0.717) is 18.9 Å². The molecule has 0 spiro atoms. The quantitative estimate of drug-likeness (QED) is 0.751. The van der Waals surface area contributed by atoms with Gasteiger partial charge in [-0.25, -0.2) is 17.2 Å². The number of nitrogens with one attached hydrogen (secondary N) is 1. The van der Waals surface area contributed by atoms with E-state index in [9.17, 15) is 17.2 Å². The van der Waals surface area contributed by atoms with Crippen LogP contribution in [0, 0.1) is 11.6 Å². The third-order valence-corrected chi connectivity index (χ3v) is 4.85. The lowest BCUT2D eigenvalue weighted by Gasteiger charge is -2.13. The zero-order valence-electron chi connectivity index (χ0n) is 11.8. The highest BCUT2D eigenvalue weighted by atomic mass is 32.2. The average molecular weight is 305 g/mol. The van der Waals surface area contributed by atoms with Gasteiger partial charge in [0.1, 0.15) is 16.5 Å². The Morgan fingerprint density at radius 2 is 2.00 bits per heavy atom. The largest absolute Gasteiger partial charge is 0.314 e. The van der Waals surface area contributed by atoms with E-state index in [-0.39, 0.29) is 11.8 Å². The molecule has 1 atom stereocenters. The molecule has 1 unspecified atom stereocenters. The minimum Gasteiger partial charge on any atom is -0.314 e. The smallest absolute Gasteiger partial charge is 0.181 e. The molecule has 0 aliphatic carbocycles. The van der Waals surface area contributed by atoms with Crippen LogP contribution in [0.4, 0.5) is 8.78 Å². The van der Waals surface area contributed by atoms with Crippen molar-refractivity contribution >= 4 is 9.84 Å². The Morgan fingerprint density at radius 1 is 1.30 bits per heavy atom. The molecule has 0 fully saturated rings. The zero-order valence-corrected chi connectivity index (χ0v) is 12.6. The molecule has 3 nitrogen and oxygen atoms in total. The number of hydrogen-bond acceptors (Lipinski definition) is 3. The van der Waals surface area contributed by atoms with Gasteiger partial charge in [-0.3, -0.25) is 0 Å². The van der Waals surface area contributed by atoms with Crippen LogP contribution in [0.1, 0.15) is 33.1 Å². The van der Waals surface area contributed by atoms with Gasteiger partial charge >= 0.3 is 0 Å². The van der Waals surface area contributed by atoms with Crippen molar-refractivity contribution < 1.29 is 17.2 Å². The van der Waals surface area contributed by atoms with E-state index in [4.69, 9.17) is 0 Å². The summed E-state index contributed by atoms with van der Waals surface area (Å²) in [5.74, 6) is -1.94. The minimum atomic E-state index is -3.69. The topological polar surface area (TPSA) is 46.2 Å². The van der Waals surface area contributed by atoms with Crippen molar-refractivity contribution in [2.75, 3.05) is 12.3 Å². The fraction of sp³-hybridized carbons (Fsp3) is 0.571. The van der Waals surface area contributed by atoms with Crippen LogP contribution in [-0.2, 0) is 9.84 Å². The van der Waals surface area contributed by atoms with Gasteiger partial charge in [-0.15, -0.1) is 0 Å². The second-order valence-corrected chi connectivity index (χ2v) is 6.97. The molecule has 20 heavy (non-hydrogen) atoms. The number of hydrogen-bond donors (Lipinski definition) is 1. The van der Waals surface area contributed by atoms with Gasteiger partial charge in [-0.05, 0) is 44.9 Å². The normalized spacial score (nSPS) is 13.4. The molecule has 0 bridgehead atoms. The molecule has 1 aromatic carbocycles. The van der Waals surface area contributed by atoms with E-state index in [1.165, 1.54) is 0 Å². The number of halogens is 2. The number of benzene rings is 1. The van der Waals surface area contributed by atoms with Crippen LogP contribution in [0.25, 0.3) is 0 Å². The first kappa shape index (κ1) is 17.0. The molecule has 0 amide bonds. The minimum absolute atomic E-state index is 0.131. The predicted octanol–water partition coefficient (Wildman–Crippen LogP) is 2.91. The molecule has 1 aromatic rings. The summed E-state index contributed by atoms with van der Waals surface area (Å²) in [7, 11) is -3.69. The van der Waals surface area contributed by atoms with Gasteiger partial charge in [0.2, 0.25) is 0 Å². The predicted molar refractivity (Wildman–Crippen MR) is 75.4 cm³/mol. The molecule has 1 rings (SSSR count). The summed E-state index contributed by atoms with van der Waals surface area (Å²) in [4.78, 5) is -0.423. The first-order valence-corrected chi connectivity index (χ1v) is 8.43. The van der Waals surface area contributed by atoms with Crippen LogP contribution in [0.3, 0.4) is 0 Å². The Hall–Kier alpha value is -1.01. The molecular formula is C14H21F2NO2S. The van der Waals surface area contributed by atoms with Gasteiger partial charge < -0.3 is 5.32 Å². The highest BCUT2D eigenvalue weighted by Crippen LogP contribution is 2.18. The van der Waals surface area contributed by atoms with Crippen molar-refractivity contribution in [2.24, 2.45) is 0 Å². The van der Waals surface area contributed by atoms with E-state index in [1.807, 2.05) is 6.92 Å². The van der Waals surface area contributed by atoms with Crippen LogP contribution in [-0.4, -0.2) is 26.8 Å². The maximum absolute atomic E-state index is 13.5. The van der Waals surface area contributed by atoms with Crippen LogP contribution >= 0.6 is 0 Å². The Bertz CT molecular complexity index is 532. The van der Waals surface area contributed by atoms with E-state index in [2.05, 4.69) is 12.2 Å². The van der Waals surface area contributed by atoms with Gasteiger partial charge in [-0.1, -0.05) is 6.92 Å². The van der Waals surface area contributed by atoms with Gasteiger partial charge in [0.05, 0.1) is 5.75 Å². The third kappa shape index (κ3) is 5.17. The molecule has 0 aliphatic heterocycles. The lowest BCUT2D eigenvalue weighted by molar-refractivity contribution is 0.504. The summed E-state index contributed by atoms with van der Waals surface area (Å²) < 4.78 is 50.2. The van der Waals surface area contributed by atoms with Gasteiger partial charge in [0.25, 0.3) is 0 Å². The molecule has 1 N–H and O–H groups in total. The monoisotopic (exact) mass is 305 g/mol. The van der Waals surface area contributed by atoms with Crippen molar-refractivity contribution in [1.29, 1.82) is 0 Å². The van der Waals surface area contributed by atoms with Crippen molar-refractivity contribution in [3.05, 3.63) is 29.8 Å². The van der Waals surface area contributed by atoms with Gasteiger partial charge in [0.15, 0.2) is 9.84 Å². The number of sulfone groups is 1. The summed E-state index contributed by atoms with van der Waals surface area (Å²) in [6, 6.07) is 2.77. The lowest BCUT2D eigenvalue weighted by atomic mass is 10.2. The Balaban J connectivity index is 2.58. The van der Waals surface area contributed by atoms with E-state index in [1.54, 1.807) is 0 Å². The Kier molecular flexibility index (Phi) is 6.55. The molecule has 0 heterocycles. The van der Waals surface area contributed by atoms with Gasteiger partial charge in [-0.2, -0.15) is 0 Å². The molecule has 0 aromatic heterocycles. The van der Waals surface area contributed by atoms with Crippen LogP contribution < -0.4 is 5.32 Å². The van der Waals surface area contributed by atoms with Crippen molar-refractivity contribution in [2.45, 2.75) is 44.0 Å². The highest BCUT2D eigenvalue weighted by Gasteiger charge is 2.19. The van der Waals surface area contributed by atoms with Crippen molar-refractivity contribution in [3.8, 4) is 0 Å². The first-order valence-electron chi connectivity index (χ1n) is 6.78. The van der Waals surface area contributed by atoms with Crippen molar-refractivity contribution in [1.82, 2.24) is 5.32 Å². The molecule has 6 heteroatoms. The molecular weight excluding hydrogens is 284 g/mol. The van der Waals surface area contributed by atoms with E-state index in [0.717, 1.165) is 25.1 Å². The average Bonchev–Trinajstić information content (AvgIpc) is 2.35. The summed E-state index contributed by atoms with van der Waals surface area (Å²) in [6.45, 7) is 4.93. The molecule has 0 saturated carbocycles. The summed E-state index contributed by atoms with van der Waals surface area (Å²) in [6.07, 6.45) is 2.16. The standard InChI is InChI=1S/C14H21F2NO2S/c1-3-8-17-11(2)5-4-9-20(18,19)14-7-6-12(15)10-13(14)16/h6-7,10-11,17H,3-5,8-9H2,1-2H3. The molecule has 0 saturated heterocycles. The second kappa shape index (κ2) is 7.69. The Labute approximate surface area is 119 Å². The van der Waals surface area contributed by atoms with Crippen molar-refractivity contribution in [3.63, 3.8) is 0 Å². The molecule has 0 radical (unpaired) electrons. The molecule has 0 aliphatic rings. The third-order valence-electron chi connectivity index (χ3n) is 3.02. The van der Waals surface area contributed by atoms with Gasteiger partial charge in [0, 0.05) is 12.1 Å². The summed E-state index contributed by atoms with van der Waals surface area (Å²) >= 11 is 0. The first-order chi connectivity index (χ1) is 9.36. The van der Waals surface area contributed by atoms with Crippen LogP contribution in [0.5, 0.6) is 0 Å². The lowest BCUT2D eigenvalue weighted by Crippen LogP contribution is -2.27. The highest BCUT2D eigenvalue weighted by molar-refractivity contribution is 7.91. The second-order valence-electron chi connectivity index (χ2n) is 4.89. The Morgan fingerprint density at radius 3 is 2.60 bits per heavy atom. The zero-order chi connectivity index (χ0) is 15.2. The maximum atomic E-state index is 13.5. The summed E-state index contributed by atoms with van der Waals surface area (Å²) in [5.41, 5.74) is 0. The maximum Gasteiger partial charge on any atom is 0.181 e. The van der Waals surface area contributed by atoms with E-state index >= 15 is 0 Å². The van der Waals surface area contributed by atoms with E-state index < -0.39 is 26.4 Å². The fourth-order valence-electron chi connectivity index (χ4n) is 1.91. The molecule has 114 valence electrons. The summed E-state index contributed by atoms with van der Waals surface area (Å²) in [5, 5.41) is 3.26.